The SMILES string of the molecule is CCC(=O)N(C1CCCC1)[C@@H]1C=C(C(=O)NCCO)[C@@H]2c3ccccc3O[C@@H]2[C@H]1O. The number of carbonyl (C=O) groups is 2. The second-order valence-electron chi connectivity index (χ2n) is 8.27. The van der Waals surface area contributed by atoms with E-state index in [0.717, 1.165) is 31.2 Å². The highest BCUT2D eigenvalue weighted by Crippen LogP contribution is 2.47. The molecule has 1 aromatic carbocycles. The third-order valence-electron chi connectivity index (χ3n) is 6.51. The molecule has 0 spiro atoms. The monoisotopic (exact) mass is 414 g/mol. The third-order valence-corrected chi connectivity index (χ3v) is 6.51. The molecule has 2 amide bonds. The number of hydrogen-bond donors (Lipinski definition) is 3. The average molecular weight is 415 g/mol. The number of hydrogen-bond acceptors (Lipinski definition) is 5. The zero-order chi connectivity index (χ0) is 21.3. The molecule has 3 N–H and O–H groups in total. The number of nitrogens with zero attached hydrogens (tertiary/aromatic N) is 1. The van der Waals surface area contributed by atoms with E-state index in [9.17, 15) is 14.7 Å². The van der Waals surface area contributed by atoms with Gasteiger partial charge in [-0.2, -0.15) is 0 Å². The van der Waals surface area contributed by atoms with Gasteiger partial charge in [-0.05, 0) is 25.0 Å². The van der Waals surface area contributed by atoms with Crippen LogP contribution in [0.3, 0.4) is 0 Å². The molecule has 0 bridgehead atoms. The van der Waals surface area contributed by atoms with Gasteiger partial charge in [0.25, 0.3) is 0 Å². The zero-order valence-electron chi connectivity index (χ0n) is 17.3. The van der Waals surface area contributed by atoms with Gasteiger partial charge in [0.15, 0.2) is 0 Å². The van der Waals surface area contributed by atoms with E-state index in [2.05, 4.69) is 5.32 Å². The fraction of sp³-hybridized carbons (Fsp3) is 0.565. The second-order valence-corrected chi connectivity index (χ2v) is 8.27. The Hall–Kier alpha value is -2.38. The molecule has 1 fully saturated rings. The van der Waals surface area contributed by atoms with Crippen molar-refractivity contribution in [2.24, 2.45) is 0 Å². The molecule has 1 aromatic rings. The molecular formula is C23H30N2O5. The van der Waals surface area contributed by atoms with Crippen LogP contribution >= 0.6 is 0 Å². The van der Waals surface area contributed by atoms with Crippen LogP contribution in [0.5, 0.6) is 5.75 Å². The van der Waals surface area contributed by atoms with Crippen LogP contribution in [-0.4, -0.2) is 64.4 Å². The molecule has 1 aliphatic heterocycles. The predicted octanol–water partition coefficient (Wildman–Crippen LogP) is 1.49. The Morgan fingerprint density at radius 2 is 1.97 bits per heavy atom. The Morgan fingerprint density at radius 1 is 1.23 bits per heavy atom. The van der Waals surface area contributed by atoms with Crippen LogP contribution in [0.2, 0.25) is 0 Å². The first kappa shape index (κ1) is 20.9. The van der Waals surface area contributed by atoms with Gasteiger partial charge in [-0.1, -0.05) is 38.0 Å². The minimum absolute atomic E-state index is 0.0220. The largest absolute Gasteiger partial charge is 0.486 e. The Morgan fingerprint density at radius 3 is 2.67 bits per heavy atom. The highest BCUT2D eigenvalue weighted by Gasteiger charge is 2.51. The van der Waals surface area contributed by atoms with Crippen molar-refractivity contribution in [3.63, 3.8) is 0 Å². The van der Waals surface area contributed by atoms with Gasteiger partial charge in [-0.3, -0.25) is 9.59 Å². The summed E-state index contributed by atoms with van der Waals surface area (Å²) in [5.74, 6) is -0.0755. The highest BCUT2D eigenvalue weighted by atomic mass is 16.5. The predicted molar refractivity (Wildman–Crippen MR) is 111 cm³/mol. The maximum atomic E-state index is 13.0. The van der Waals surface area contributed by atoms with Crippen molar-refractivity contribution in [2.45, 2.75) is 69.2 Å². The van der Waals surface area contributed by atoms with Crippen molar-refractivity contribution in [1.82, 2.24) is 10.2 Å². The minimum Gasteiger partial charge on any atom is -0.486 e. The van der Waals surface area contributed by atoms with Crippen LogP contribution in [0.15, 0.2) is 35.9 Å². The first-order valence-electron chi connectivity index (χ1n) is 10.9. The van der Waals surface area contributed by atoms with Crippen molar-refractivity contribution in [3.05, 3.63) is 41.5 Å². The van der Waals surface area contributed by atoms with E-state index in [4.69, 9.17) is 9.84 Å². The van der Waals surface area contributed by atoms with E-state index < -0.39 is 24.2 Å². The molecule has 7 heteroatoms. The number of amides is 2. The average Bonchev–Trinajstić information content (AvgIpc) is 3.42. The second kappa shape index (κ2) is 8.78. The lowest BCUT2D eigenvalue weighted by Gasteiger charge is -2.43. The summed E-state index contributed by atoms with van der Waals surface area (Å²) in [6.07, 6.45) is 4.46. The van der Waals surface area contributed by atoms with Crippen LogP contribution in [0.4, 0.5) is 0 Å². The van der Waals surface area contributed by atoms with Crippen molar-refractivity contribution in [3.8, 4) is 5.75 Å². The molecular weight excluding hydrogens is 384 g/mol. The molecule has 0 saturated heterocycles. The van der Waals surface area contributed by atoms with Gasteiger partial charge >= 0.3 is 0 Å². The number of rotatable bonds is 6. The molecule has 3 aliphatic rings. The summed E-state index contributed by atoms with van der Waals surface area (Å²) in [5.41, 5.74) is 1.35. The lowest BCUT2D eigenvalue weighted by molar-refractivity contribution is -0.140. The van der Waals surface area contributed by atoms with E-state index in [1.807, 2.05) is 31.2 Å². The lowest BCUT2D eigenvalue weighted by Crippen LogP contribution is -2.58. The van der Waals surface area contributed by atoms with Crippen LogP contribution in [0.25, 0.3) is 0 Å². The van der Waals surface area contributed by atoms with Gasteiger partial charge < -0.3 is 25.2 Å². The summed E-state index contributed by atoms with van der Waals surface area (Å²) >= 11 is 0. The standard InChI is InChI=1S/C23H30N2O5/c1-2-19(27)25(14-7-3-4-8-14)17-13-16(23(29)24-11-12-26)20-15-9-5-6-10-18(15)30-22(20)21(17)28/h5-6,9-10,13-14,17,20-22,26,28H,2-4,7-8,11-12H2,1H3,(H,24,29)/t17-,20+,21+,22+/m1/s1. The molecule has 4 atom stereocenters. The molecule has 30 heavy (non-hydrogen) atoms. The molecule has 7 nitrogen and oxygen atoms in total. The van der Waals surface area contributed by atoms with E-state index in [1.54, 1.807) is 11.0 Å². The van der Waals surface area contributed by atoms with E-state index in [0.29, 0.717) is 17.7 Å². The number of para-hydroxylation sites is 1. The lowest BCUT2D eigenvalue weighted by atomic mass is 9.77. The number of nitrogens with one attached hydrogen (secondary N) is 1. The van der Waals surface area contributed by atoms with Gasteiger partial charge in [-0.15, -0.1) is 0 Å². The Balaban J connectivity index is 1.76. The van der Waals surface area contributed by atoms with E-state index in [1.165, 1.54) is 0 Å². The fourth-order valence-electron chi connectivity index (χ4n) is 5.14. The van der Waals surface area contributed by atoms with Crippen molar-refractivity contribution < 1.29 is 24.5 Å². The number of benzene rings is 1. The summed E-state index contributed by atoms with van der Waals surface area (Å²) in [7, 11) is 0. The molecule has 0 radical (unpaired) electrons. The number of carbonyl (C=O) groups excluding carboxylic acids is 2. The Bertz CT molecular complexity index is 833. The number of aliphatic hydroxyl groups is 2. The quantitative estimate of drug-likeness (QED) is 0.655. The highest BCUT2D eigenvalue weighted by molar-refractivity contribution is 5.96. The number of ether oxygens (including phenoxy) is 1. The number of aliphatic hydroxyl groups excluding tert-OH is 2. The normalized spacial score (nSPS) is 27.6. The summed E-state index contributed by atoms with van der Waals surface area (Å²) in [6.45, 7) is 1.81. The van der Waals surface area contributed by atoms with Gasteiger partial charge in [0.05, 0.1) is 18.6 Å². The molecule has 1 heterocycles. The third kappa shape index (κ3) is 3.61. The van der Waals surface area contributed by atoms with Gasteiger partial charge in [0.2, 0.25) is 11.8 Å². The summed E-state index contributed by atoms with van der Waals surface area (Å²) < 4.78 is 6.11. The first-order valence-corrected chi connectivity index (χ1v) is 10.9. The van der Waals surface area contributed by atoms with Crippen LogP contribution in [0, 0.1) is 0 Å². The topological polar surface area (TPSA) is 99.1 Å². The van der Waals surface area contributed by atoms with E-state index >= 15 is 0 Å². The maximum Gasteiger partial charge on any atom is 0.247 e. The summed E-state index contributed by atoms with van der Waals surface area (Å²) in [6, 6.07) is 6.94. The fourth-order valence-corrected chi connectivity index (χ4v) is 5.14. The molecule has 0 aromatic heterocycles. The van der Waals surface area contributed by atoms with Crippen molar-refractivity contribution in [2.75, 3.05) is 13.2 Å². The molecule has 2 aliphatic carbocycles. The van der Waals surface area contributed by atoms with Gasteiger partial charge in [0.1, 0.15) is 18.0 Å². The van der Waals surface area contributed by atoms with Crippen LogP contribution in [-0.2, 0) is 9.59 Å². The smallest absolute Gasteiger partial charge is 0.247 e. The minimum atomic E-state index is -0.937. The van der Waals surface area contributed by atoms with Crippen molar-refractivity contribution >= 4 is 11.8 Å². The maximum absolute atomic E-state index is 13.0. The first-order chi connectivity index (χ1) is 14.6. The summed E-state index contributed by atoms with van der Waals surface area (Å²) in [4.78, 5) is 27.7. The van der Waals surface area contributed by atoms with Crippen molar-refractivity contribution in [1.29, 1.82) is 0 Å². The number of fused-ring (bicyclic) bond motifs is 3. The Kier molecular flexibility index (Phi) is 6.11. The molecule has 162 valence electrons. The summed E-state index contributed by atoms with van der Waals surface area (Å²) in [5, 5.41) is 23.2. The molecule has 4 rings (SSSR count). The van der Waals surface area contributed by atoms with Crippen LogP contribution < -0.4 is 10.1 Å². The molecule has 1 saturated carbocycles. The van der Waals surface area contributed by atoms with Gasteiger partial charge in [0, 0.05) is 30.1 Å². The Labute approximate surface area is 176 Å². The van der Waals surface area contributed by atoms with Crippen LogP contribution in [0.1, 0.15) is 50.5 Å². The van der Waals surface area contributed by atoms with E-state index in [-0.39, 0.29) is 31.0 Å². The van der Waals surface area contributed by atoms with Gasteiger partial charge in [-0.25, -0.2) is 0 Å². The zero-order valence-corrected chi connectivity index (χ0v) is 17.3. The molecule has 0 unspecified atom stereocenters.